The SMILES string of the molecule is CCN(Cc1ccc(C(=O)OC)cc1)Cc1ccc(C2(CC3=CC=CCC3)COC=CO2)cc1. The molecule has 1 aliphatic carbocycles. The lowest BCUT2D eigenvalue weighted by atomic mass is 9.84. The molecule has 1 aliphatic heterocycles. The molecule has 34 heavy (non-hydrogen) atoms. The molecule has 0 bridgehead atoms. The maximum atomic E-state index is 11.7. The lowest BCUT2D eigenvalue weighted by Gasteiger charge is -2.36. The Morgan fingerprint density at radius 1 is 1.03 bits per heavy atom. The number of rotatable bonds is 9. The number of benzene rings is 2. The lowest BCUT2D eigenvalue weighted by molar-refractivity contribution is -0.0636. The summed E-state index contributed by atoms with van der Waals surface area (Å²) in [6.45, 7) is 5.25. The molecule has 0 fully saturated rings. The fourth-order valence-corrected chi connectivity index (χ4v) is 4.50. The molecule has 2 aromatic carbocycles. The van der Waals surface area contributed by atoms with E-state index in [1.54, 1.807) is 12.5 Å². The zero-order chi connectivity index (χ0) is 23.8. The highest BCUT2D eigenvalue weighted by Crippen LogP contribution is 2.37. The normalized spacial score (nSPS) is 19.3. The molecule has 2 aromatic rings. The van der Waals surface area contributed by atoms with Crippen molar-refractivity contribution in [3.05, 3.63) is 107 Å². The number of nitrogens with zero attached hydrogens (tertiary/aromatic N) is 1. The molecule has 0 spiro atoms. The number of carbonyl (C=O) groups excluding carboxylic acids is 1. The first-order valence-electron chi connectivity index (χ1n) is 11.9. The molecular weight excluding hydrogens is 426 g/mol. The molecule has 0 saturated carbocycles. The van der Waals surface area contributed by atoms with Crippen molar-refractivity contribution < 1.29 is 19.0 Å². The first-order chi connectivity index (χ1) is 16.6. The average Bonchev–Trinajstić information content (AvgIpc) is 2.89. The largest absolute Gasteiger partial charge is 0.493 e. The van der Waals surface area contributed by atoms with Gasteiger partial charge in [0.2, 0.25) is 0 Å². The topological polar surface area (TPSA) is 48.0 Å². The summed E-state index contributed by atoms with van der Waals surface area (Å²) in [6.07, 6.45) is 12.8. The molecular formula is C29H33NO4. The Kier molecular flexibility index (Phi) is 7.86. The van der Waals surface area contributed by atoms with Crippen LogP contribution in [0.1, 0.15) is 53.2 Å². The molecule has 5 heteroatoms. The van der Waals surface area contributed by atoms with Gasteiger partial charge in [-0.3, -0.25) is 4.90 Å². The monoisotopic (exact) mass is 459 g/mol. The minimum Gasteiger partial charge on any atom is -0.493 e. The highest BCUT2D eigenvalue weighted by Gasteiger charge is 2.37. The summed E-state index contributed by atoms with van der Waals surface area (Å²) >= 11 is 0. The number of hydrogen-bond acceptors (Lipinski definition) is 5. The Balaban J connectivity index is 1.44. The van der Waals surface area contributed by atoms with Crippen LogP contribution in [0.4, 0.5) is 0 Å². The molecule has 1 unspecified atom stereocenters. The van der Waals surface area contributed by atoms with E-state index in [1.165, 1.54) is 23.8 Å². The molecule has 0 saturated heterocycles. The predicted molar refractivity (Wildman–Crippen MR) is 133 cm³/mol. The van der Waals surface area contributed by atoms with Crippen LogP contribution in [0.5, 0.6) is 0 Å². The van der Waals surface area contributed by atoms with Crippen LogP contribution in [0.3, 0.4) is 0 Å². The van der Waals surface area contributed by atoms with Gasteiger partial charge in [0.1, 0.15) is 19.1 Å². The second-order valence-electron chi connectivity index (χ2n) is 8.85. The van der Waals surface area contributed by atoms with Crippen LogP contribution in [-0.2, 0) is 32.9 Å². The van der Waals surface area contributed by atoms with Gasteiger partial charge in [-0.15, -0.1) is 0 Å². The van der Waals surface area contributed by atoms with E-state index in [-0.39, 0.29) is 5.97 Å². The van der Waals surface area contributed by atoms with Crippen LogP contribution >= 0.6 is 0 Å². The van der Waals surface area contributed by atoms with Gasteiger partial charge < -0.3 is 14.2 Å². The number of allylic oxidation sites excluding steroid dienone is 3. The Hall–Kier alpha value is -3.31. The summed E-state index contributed by atoms with van der Waals surface area (Å²) in [5, 5.41) is 0. The third-order valence-electron chi connectivity index (χ3n) is 6.49. The highest BCUT2D eigenvalue weighted by molar-refractivity contribution is 5.89. The summed E-state index contributed by atoms with van der Waals surface area (Å²) in [6, 6.07) is 16.4. The molecule has 4 rings (SSSR count). The van der Waals surface area contributed by atoms with Crippen LogP contribution in [0.25, 0.3) is 0 Å². The smallest absolute Gasteiger partial charge is 0.337 e. The van der Waals surface area contributed by atoms with E-state index in [2.05, 4.69) is 54.3 Å². The van der Waals surface area contributed by atoms with Crippen molar-refractivity contribution in [2.75, 3.05) is 20.3 Å². The van der Waals surface area contributed by atoms with E-state index in [4.69, 9.17) is 14.2 Å². The second kappa shape index (κ2) is 11.2. The van der Waals surface area contributed by atoms with Crippen LogP contribution in [0.15, 0.2) is 84.9 Å². The molecule has 2 aliphatic rings. The fourth-order valence-electron chi connectivity index (χ4n) is 4.50. The maximum Gasteiger partial charge on any atom is 0.337 e. The van der Waals surface area contributed by atoms with Gasteiger partial charge in [0.05, 0.1) is 12.7 Å². The number of carbonyl (C=O) groups is 1. The summed E-state index contributed by atoms with van der Waals surface area (Å²) in [4.78, 5) is 14.0. The zero-order valence-electron chi connectivity index (χ0n) is 20.0. The second-order valence-corrected chi connectivity index (χ2v) is 8.85. The molecule has 5 nitrogen and oxygen atoms in total. The van der Waals surface area contributed by atoms with Crippen molar-refractivity contribution in [1.82, 2.24) is 4.90 Å². The van der Waals surface area contributed by atoms with Crippen molar-refractivity contribution in [2.24, 2.45) is 0 Å². The van der Waals surface area contributed by atoms with E-state index < -0.39 is 5.60 Å². The van der Waals surface area contributed by atoms with E-state index >= 15 is 0 Å². The number of esters is 1. The summed E-state index contributed by atoms with van der Waals surface area (Å²) < 4.78 is 16.7. The van der Waals surface area contributed by atoms with Crippen molar-refractivity contribution in [3.63, 3.8) is 0 Å². The minimum absolute atomic E-state index is 0.309. The van der Waals surface area contributed by atoms with Crippen molar-refractivity contribution in [1.29, 1.82) is 0 Å². The van der Waals surface area contributed by atoms with Crippen LogP contribution in [0.2, 0.25) is 0 Å². The molecule has 0 radical (unpaired) electrons. The van der Waals surface area contributed by atoms with Crippen molar-refractivity contribution >= 4 is 5.97 Å². The van der Waals surface area contributed by atoms with Gasteiger partial charge in [0.15, 0.2) is 5.60 Å². The number of methoxy groups -OCH3 is 1. The van der Waals surface area contributed by atoms with Gasteiger partial charge >= 0.3 is 5.97 Å². The van der Waals surface area contributed by atoms with Crippen LogP contribution in [-0.4, -0.2) is 31.1 Å². The van der Waals surface area contributed by atoms with Gasteiger partial charge in [0.25, 0.3) is 0 Å². The van der Waals surface area contributed by atoms with Gasteiger partial charge in [0, 0.05) is 19.5 Å². The lowest BCUT2D eigenvalue weighted by Crippen LogP contribution is -2.36. The number of ether oxygens (including phenoxy) is 3. The van der Waals surface area contributed by atoms with Gasteiger partial charge in [-0.05, 0) is 48.2 Å². The standard InChI is InChI=1S/C29H33NO4/c1-3-30(20-24-9-13-26(14-10-24)28(31)32-2)21-25-11-15-27(16-12-25)29(22-33-17-18-34-29)19-23-7-5-4-6-8-23/h4-5,7,9-18H,3,6,8,19-22H2,1-2H3. The third-order valence-corrected chi connectivity index (χ3v) is 6.49. The molecule has 1 heterocycles. The molecule has 178 valence electrons. The predicted octanol–water partition coefficient (Wildman–Crippen LogP) is 5.88. The van der Waals surface area contributed by atoms with Crippen molar-refractivity contribution in [3.8, 4) is 0 Å². The van der Waals surface area contributed by atoms with Gasteiger partial charge in [-0.25, -0.2) is 4.79 Å². The van der Waals surface area contributed by atoms with E-state index in [0.29, 0.717) is 12.2 Å². The molecule has 0 aromatic heterocycles. The highest BCUT2D eigenvalue weighted by atomic mass is 16.6. The number of hydrogen-bond donors (Lipinski definition) is 0. The molecule has 1 atom stereocenters. The Morgan fingerprint density at radius 2 is 1.74 bits per heavy atom. The average molecular weight is 460 g/mol. The first-order valence-corrected chi connectivity index (χ1v) is 11.9. The molecule has 0 amide bonds. The Bertz CT molecular complexity index is 1050. The van der Waals surface area contributed by atoms with Crippen LogP contribution < -0.4 is 0 Å². The van der Waals surface area contributed by atoms with Crippen LogP contribution in [0, 0.1) is 0 Å². The fraction of sp³-hybridized carbons (Fsp3) is 0.345. The zero-order valence-corrected chi connectivity index (χ0v) is 20.0. The Morgan fingerprint density at radius 3 is 2.29 bits per heavy atom. The minimum atomic E-state index is -0.490. The summed E-state index contributed by atoms with van der Waals surface area (Å²) in [5.41, 5.74) is 5.02. The molecule has 0 N–H and O–H groups in total. The summed E-state index contributed by atoms with van der Waals surface area (Å²) in [5.74, 6) is -0.309. The van der Waals surface area contributed by atoms with Gasteiger partial charge in [-0.2, -0.15) is 0 Å². The maximum absolute atomic E-state index is 11.7. The third kappa shape index (κ3) is 5.78. The Labute approximate surface area is 202 Å². The van der Waals surface area contributed by atoms with Gasteiger partial charge in [-0.1, -0.05) is 67.1 Å². The summed E-state index contributed by atoms with van der Waals surface area (Å²) in [7, 11) is 1.40. The van der Waals surface area contributed by atoms with E-state index in [0.717, 1.165) is 44.5 Å². The van der Waals surface area contributed by atoms with E-state index in [9.17, 15) is 4.79 Å². The van der Waals surface area contributed by atoms with Crippen molar-refractivity contribution in [2.45, 2.75) is 44.9 Å². The quantitative estimate of drug-likeness (QED) is 0.439. The van der Waals surface area contributed by atoms with E-state index in [1.807, 2.05) is 24.3 Å². The first kappa shape index (κ1) is 23.8.